The van der Waals surface area contributed by atoms with E-state index in [-0.39, 0.29) is 6.10 Å². The number of rotatable bonds is 3. The van der Waals surface area contributed by atoms with Crippen LogP contribution in [-0.2, 0) is 0 Å². The van der Waals surface area contributed by atoms with Gasteiger partial charge in [-0.1, -0.05) is 18.2 Å². The molecule has 1 unspecified atom stereocenters. The smallest absolute Gasteiger partial charge is 0.252 e. The minimum Gasteiger partial charge on any atom is -0.484 e. The van der Waals surface area contributed by atoms with Gasteiger partial charge >= 0.3 is 0 Å². The van der Waals surface area contributed by atoms with Crippen LogP contribution in [0.5, 0.6) is 5.75 Å². The molecule has 2 heterocycles. The lowest BCUT2D eigenvalue weighted by molar-refractivity contribution is 0.217. The van der Waals surface area contributed by atoms with E-state index in [2.05, 4.69) is 15.1 Å². The molecule has 2 aromatic heterocycles. The highest BCUT2D eigenvalue weighted by Crippen LogP contribution is 2.24. The molecule has 0 spiro atoms. The number of ether oxygens (including phenoxy) is 1. The van der Waals surface area contributed by atoms with Gasteiger partial charge in [-0.25, -0.2) is 4.98 Å². The Labute approximate surface area is 117 Å². The number of para-hydroxylation sites is 1. The van der Waals surface area contributed by atoms with Gasteiger partial charge in [0.15, 0.2) is 0 Å². The summed E-state index contributed by atoms with van der Waals surface area (Å²) in [5.74, 6) is 2.18. The predicted molar refractivity (Wildman–Crippen MR) is 75.7 cm³/mol. The highest BCUT2D eigenvalue weighted by molar-refractivity contribution is 5.33. The Morgan fingerprint density at radius 3 is 2.75 bits per heavy atom. The predicted octanol–water partition coefficient (Wildman–Crippen LogP) is 2.88. The van der Waals surface area contributed by atoms with Crippen LogP contribution in [0, 0.1) is 13.8 Å². The van der Waals surface area contributed by atoms with Crippen LogP contribution in [0.15, 0.2) is 36.5 Å². The Balaban J connectivity index is 1.97. The third kappa shape index (κ3) is 2.22. The second kappa shape index (κ2) is 4.92. The third-order valence-electron chi connectivity index (χ3n) is 3.19. The van der Waals surface area contributed by atoms with Gasteiger partial charge in [-0.05, 0) is 38.5 Å². The molecule has 0 bridgehead atoms. The summed E-state index contributed by atoms with van der Waals surface area (Å²) >= 11 is 0. The van der Waals surface area contributed by atoms with Crippen LogP contribution in [0.4, 0.5) is 0 Å². The summed E-state index contributed by atoms with van der Waals surface area (Å²) in [4.78, 5) is 8.47. The zero-order chi connectivity index (χ0) is 14.1. The summed E-state index contributed by atoms with van der Waals surface area (Å²) in [6.45, 7) is 5.88. The topological polar surface area (TPSA) is 52.3 Å². The van der Waals surface area contributed by atoms with Crippen molar-refractivity contribution >= 4 is 5.78 Å². The largest absolute Gasteiger partial charge is 0.484 e. The van der Waals surface area contributed by atoms with Crippen molar-refractivity contribution < 1.29 is 4.74 Å². The minimum atomic E-state index is -0.136. The van der Waals surface area contributed by atoms with Crippen LogP contribution in [0.2, 0.25) is 0 Å². The molecular formula is C15H16N4O. The van der Waals surface area contributed by atoms with E-state index >= 15 is 0 Å². The minimum absolute atomic E-state index is 0.136. The van der Waals surface area contributed by atoms with Crippen LogP contribution in [0.1, 0.15) is 30.1 Å². The zero-order valence-corrected chi connectivity index (χ0v) is 11.7. The number of hydrogen-bond donors (Lipinski definition) is 0. The quantitative estimate of drug-likeness (QED) is 0.733. The molecule has 3 aromatic rings. The Morgan fingerprint density at radius 1 is 1.15 bits per heavy atom. The Hall–Kier alpha value is -2.43. The standard InChI is InChI=1S/C15H16N4O/c1-10-6-4-5-7-14(10)20-11(2)13-8-9-16-15-17-12(3)18-19(13)15/h4-9,11H,1-3H3. The molecule has 0 saturated carbocycles. The molecule has 5 heteroatoms. The number of benzene rings is 1. The van der Waals surface area contributed by atoms with E-state index in [1.165, 1.54) is 0 Å². The van der Waals surface area contributed by atoms with E-state index in [0.717, 1.165) is 17.0 Å². The first-order chi connectivity index (χ1) is 9.65. The molecule has 0 fully saturated rings. The van der Waals surface area contributed by atoms with Crippen LogP contribution < -0.4 is 4.74 Å². The molecule has 5 nitrogen and oxygen atoms in total. The van der Waals surface area contributed by atoms with E-state index in [9.17, 15) is 0 Å². The molecule has 0 aliphatic carbocycles. The first-order valence-electron chi connectivity index (χ1n) is 6.56. The number of nitrogens with zero attached hydrogens (tertiary/aromatic N) is 4. The number of aromatic nitrogens is 4. The summed E-state index contributed by atoms with van der Waals surface area (Å²) < 4.78 is 7.77. The van der Waals surface area contributed by atoms with Crippen LogP contribution in [0.25, 0.3) is 5.78 Å². The fourth-order valence-corrected chi connectivity index (χ4v) is 2.16. The van der Waals surface area contributed by atoms with Crippen LogP contribution in [0.3, 0.4) is 0 Å². The van der Waals surface area contributed by atoms with E-state index in [1.807, 2.05) is 51.1 Å². The molecule has 0 aliphatic rings. The van der Waals surface area contributed by atoms with E-state index in [1.54, 1.807) is 10.7 Å². The molecule has 20 heavy (non-hydrogen) atoms. The van der Waals surface area contributed by atoms with Crippen molar-refractivity contribution in [3.05, 3.63) is 53.6 Å². The average molecular weight is 268 g/mol. The van der Waals surface area contributed by atoms with Gasteiger partial charge in [0.25, 0.3) is 5.78 Å². The average Bonchev–Trinajstić information content (AvgIpc) is 2.81. The lowest BCUT2D eigenvalue weighted by Crippen LogP contribution is -2.10. The SMILES string of the molecule is Cc1nc2nccc(C(C)Oc3ccccc3C)n2n1. The van der Waals surface area contributed by atoms with Gasteiger partial charge in [0.05, 0.1) is 5.69 Å². The Kier molecular flexibility index (Phi) is 3.10. The van der Waals surface area contributed by atoms with Crippen molar-refractivity contribution in [2.24, 2.45) is 0 Å². The number of hydrogen-bond acceptors (Lipinski definition) is 4. The Morgan fingerprint density at radius 2 is 1.95 bits per heavy atom. The third-order valence-corrected chi connectivity index (χ3v) is 3.19. The maximum atomic E-state index is 6.03. The molecule has 0 radical (unpaired) electrons. The summed E-state index contributed by atoms with van der Waals surface area (Å²) in [6, 6.07) is 9.87. The molecule has 1 atom stereocenters. The van der Waals surface area contributed by atoms with Crippen molar-refractivity contribution in [1.29, 1.82) is 0 Å². The molecule has 102 valence electrons. The fourth-order valence-electron chi connectivity index (χ4n) is 2.16. The molecule has 0 saturated heterocycles. The molecule has 0 amide bonds. The summed E-state index contributed by atoms with van der Waals surface area (Å²) in [5, 5.41) is 4.36. The van der Waals surface area contributed by atoms with E-state index in [0.29, 0.717) is 11.6 Å². The van der Waals surface area contributed by atoms with Gasteiger partial charge < -0.3 is 4.74 Å². The Bertz CT molecular complexity index is 750. The van der Waals surface area contributed by atoms with Gasteiger partial charge in [0, 0.05) is 6.20 Å². The summed E-state index contributed by atoms with van der Waals surface area (Å²) in [5.41, 5.74) is 2.04. The van der Waals surface area contributed by atoms with Gasteiger partial charge in [-0.2, -0.15) is 9.50 Å². The second-order valence-electron chi connectivity index (χ2n) is 4.77. The second-order valence-corrected chi connectivity index (χ2v) is 4.77. The van der Waals surface area contributed by atoms with Gasteiger partial charge in [-0.3, -0.25) is 0 Å². The lowest BCUT2D eigenvalue weighted by Gasteiger charge is -2.16. The normalized spacial score (nSPS) is 12.6. The molecule has 1 aromatic carbocycles. The van der Waals surface area contributed by atoms with Crippen molar-refractivity contribution in [2.75, 3.05) is 0 Å². The fraction of sp³-hybridized carbons (Fsp3) is 0.267. The summed E-state index contributed by atoms with van der Waals surface area (Å²) in [7, 11) is 0. The first kappa shape index (κ1) is 12.6. The number of fused-ring (bicyclic) bond motifs is 1. The molecule has 3 rings (SSSR count). The monoisotopic (exact) mass is 268 g/mol. The maximum Gasteiger partial charge on any atom is 0.252 e. The van der Waals surface area contributed by atoms with Crippen LogP contribution in [-0.4, -0.2) is 19.6 Å². The van der Waals surface area contributed by atoms with Crippen molar-refractivity contribution in [3.8, 4) is 5.75 Å². The lowest BCUT2D eigenvalue weighted by atomic mass is 10.2. The van der Waals surface area contributed by atoms with Crippen molar-refractivity contribution in [3.63, 3.8) is 0 Å². The van der Waals surface area contributed by atoms with Gasteiger partial charge in [-0.15, -0.1) is 5.10 Å². The molecule has 0 aliphatic heterocycles. The van der Waals surface area contributed by atoms with Crippen molar-refractivity contribution in [2.45, 2.75) is 26.9 Å². The maximum absolute atomic E-state index is 6.03. The van der Waals surface area contributed by atoms with E-state index in [4.69, 9.17) is 4.74 Å². The van der Waals surface area contributed by atoms with Crippen molar-refractivity contribution in [1.82, 2.24) is 19.6 Å². The zero-order valence-electron chi connectivity index (χ0n) is 11.7. The summed E-state index contributed by atoms with van der Waals surface area (Å²) in [6.07, 6.45) is 1.60. The first-order valence-corrected chi connectivity index (χ1v) is 6.56. The van der Waals surface area contributed by atoms with Gasteiger partial charge in [0.1, 0.15) is 17.7 Å². The number of aryl methyl sites for hydroxylation is 2. The molecular weight excluding hydrogens is 252 g/mol. The molecule has 0 N–H and O–H groups in total. The van der Waals surface area contributed by atoms with Gasteiger partial charge in [0.2, 0.25) is 0 Å². The highest BCUT2D eigenvalue weighted by atomic mass is 16.5. The van der Waals surface area contributed by atoms with Crippen LogP contribution >= 0.6 is 0 Å². The van der Waals surface area contributed by atoms with E-state index < -0.39 is 0 Å². The highest BCUT2D eigenvalue weighted by Gasteiger charge is 2.14.